The van der Waals surface area contributed by atoms with Crippen molar-refractivity contribution in [1.82, 2.24) is 5.32 Å². The maximum Gasteiger partial charge on any atom is 0.0931 e. The average molecular weight is 351 g/mol. The highest BCUT2D eigenvalue weighted by atomic mass is 35.5. The minimum absolute atomic E-state index is 0.430. The first kappa shape index (κ1) is 16.1. The highest BCUT2D eigenvalue weighted by molar-refractivity contribution is 7.16. The van der Waals surface area contributed by atoms with Gasteiger partial charge in [-0.05, 0) is 36.8 Å². The molecule has 0 aliphatic rings. The maximum absolute atomic E-state index is 10.1. The molecular formula is C14H14Cl3NOS. The first-order valence-electron chi connectivity index (χ1n) is 6.14. The van der Waals surface area contributed by atoms with Crippen LogP contribution >= 0.6 is 46.1 Å². The largest absolute Gasteiger partial charge is 0.387 e. The summed E-state index contributed by atoms with van der Waals surface area (Å²) in [6, 6.07) is 8.99. The lowest BCUT2D eigenvalue weighted by molar-refractivity contribution is 0.175. The lowest BCUT2D eigenvalue weighted by Crippen LogP contribution is -2.23. The first-order chi connectivity index (χ1) is 9.56. The molecule has 2 N–H and O–H groups in total. The molecule has 20 heavy (non-hydrogen) atoms. The van der Waals surface area contributed by atoms with Gasteiger partial charge in [0.25, 0.3) is 0 Å². The van der Waals surface area contributed by atoms with E-state index in [0.717, 1.165) is 17.3 Å². The van der Waals surface area contributed by atoms with Gasteiger partial charge in [0.15, 0.2) is 0 Å². The highest BCUT2D eigenvalue weighted by Crippen LogP contribution is 2.26. The monoisotopic (exact) mass is 349 g/mol. The zero-order valence-corrected chi connectivity index (χ0v) is 13.7. The first-order valence-corrected chi connectivity index (χ1v) is 8.09. The zero-order valence-electron chi connectivity index (χ0n) is 10.6. The van der Waals surface area contributed by atoms with Gasteiger partial charge in [-0.25, -0.2) is 0 Å². The Morgan fingerprint density at radius 3 is 2.65 bits per heavy atom. The molecule has 108 valence electrons. The standard InChI is InChI=1S/C14H14Cl3NOS/c15-9-1-3-12(16)11(7-9)13(19)8-18-6-5-10-2-4-14(17)20-10/h1-4,7,13,18-19H,5-6,8H2. The van der Waals surface area contributed by atoms with Gasteiger partial charge in [-0.15, -0.1) is 11.3 Å². The molecule has 0 saturated carbocycles. The van der Waals surface area contributed by atoms with Crippen LogP contribution in [-0.2, 0) is 6.42 Å². The summed E-state index contributed by atoms with van der Waals surface area (Å²) in [5.74, 6) is 0. The van der Waals surface area contributed by atoms with Crippen LogP contribution < -0.4 is 5.32 Å². The minimum atomic E-state index is -0.673. The van der Waals surface area contributed by atoms with Crippen LogP contribution in [0.15, 0.2) is 30.3 Å². The summed E-state index contributed by atoms with van der Waals surface area (Å²) in [7, 11) is 0. The third kappa shape index (κ3) is 4.62. The molecule has 2 rings (SSSR count). The normalized spacial score (nSPS) is 12.6. The summed E-state index contributed by atoms with van der Waals surface area (Å²) in [5.41, 5.74) is 0.644. The molecule has 0 saturated heterocycles. The van der Waals surface area contributed by atoms with Crippen LogP contribution in [0.5, 0.6) is 0 Å². The van der Waals surface area contributed by atoms with Gasteiger partial charge in [-0.1, -0.05) is 34.8 Å². The van der Waals surface area contributed by atoms with E-state index in [1.165, 1.54) is 4.88 Å². The van der Waals surface area contributed by atoms with Crippen molar-refractivity contribution in [2.45, 2.75) is 12.5 Å². The zero-order chi connectivity index (χ0) is 14.5. The van der Waals surface area contributed by atoms with E-state index < -0.39 is 6.10 Å². The van der Waals surface area contributed by atoms with Crippen molar-refractivity contribution in [3.05, 3.63) is 55.2 Å². The van der Waals surface area contributed by atoms with Crippen LogP contribution in [0.1, 0.15) is 16.5 Å². The van der Waals surface area contributed by atoms with Crippen LogP contribution in [0, 0.1) is 0 Å². The van der Waals surface area contributed by atoms with Crippen molar-refractivity contribution in [2.24, 2.45) is 0 Å². The maximum atomic E-state index is 10.1. The number of aliphatic hydroxyl groups is 1. The van der Waals surface area contributed by atoms with E-state index >= 15 is 0 Å². The number of thiophene rings is 1. The average Bonchev–Trinajstić information content (AvgIpc) is 2.83. The van der Waals surface area contributed by atoms with Crippen molar-refractivity contribution in [2.75, 3.05) is 13.1 Å². The molecule has 1 aromatic carbocycles. The summed E-state index contributed by atoms with van der Waals surface area (Å²) < 4.78 is 0.797. The molecule has 1 aromatic heterocycles. The Kier molecular flexibility index (Phi) is 6.15. The van der Waals surface area contributed by atoms with E-state index in [9.17, 15) is 5.11 Å². The Morgan fingerprint density at radius 2 is 1.95 bits per heavy atom. The number of halogens is 3. The number of hydrogen-bond donors (Lipinski definition) is 2. The number of aliphatic hydroxyl groups excluding tert-OH is 1. The molecule has 6 heteroatoms. The molecular weight excluding hydrogens is 337 g/mol. The fraction of sp³-hybridized carbons (Fsp3) is 0.286. The Bertz CT molecular complexity index is 573. The molecule has 0 aliphatic heterocycles. The molecule has 0 radical (unpaired) electrons. The molecule has 2 aromatic rings. The molecule has 0 spiro atoms. The quantitative estimate of drug-likeness (QED) is 0.748. The molecule has 1 atom stereocenters. The number of rotatable bonds is 6. The number of nitrogens with one attached hydrogen (secondary N) is 1. The summed E-state index contributed by atoms with van der Waals surface area (Å²) in [4.78, 5) is 1.22. The van der Waals surface area contributed by atoms with Crippen LogP contribution in [0.25, 0.3) is 0 Å². The van der Waals surface area contributed by atoms with Gasteiger partial charge >= 0.3 is 0 Å². The van der Waals surface area contributed by atoms with Crippen molar-refractivity contribution in [3.8, 4) is 0 Å². The van der Waals surface area contributed by atoms with Crippen molar-refractivity contribution in [1.29, 1.82) is 0 Å². The number of benzene rings is 1. The molecule has 0 aliphatic carbocycles. The van der Waals surface area contributed by atoms with Crippen LogP contribution in [0.2, 0.25) is 14.4 Å². The molecule has 1 heterocycles. The number of hydrogen-bond acceptors (Lipinski definition) is 3. The molecule has 0 amide bonds. The van der Waals surface area contributed by atoms with E-state index in [1.807, 2.05) is 12.1 Å². The van der Waals surface area contributed by atoms with Crippen LogP contribution in [0.3, 0.4) is 0 Å². The molecule has 2 nitrogen and oxygen atoms in total. The second-order valence-corrected chi connectivity index (χ2v) is 6.98. The lowest BCUT2D eigenvalue weighted by Gasteiger charge is -2.14. The van der Waals surface area contributed by atoms with Crippen molar-refractivity contribution in [3.63, 3.8) is 0 Å². The van der Waals surface area contributed by atoms with Gasteiger partial charge in [0, 0.05) is 33.6 Å². The van der Waals surface area contributed by atoms with Gasteiger partial charge in [0.05, 0.1) is 10.4 Å². The summed E-state index contributed by atoms with van der Waals surface area (Å²) in [5, 5.41) is 14.4. The van der Waals surface area contributed by atoms with Crippen LogP contribution in [-0.4, -0.2) is 18.2 Å². The smallest absolute Gasteiger partial charge is 0.0931 e. The SMILES string of the molecule is OC(CNCCc1ccc(Cl)s1)c1cc(Cl)ccc1Cl. The predicted molar refractivity (Wildman–Crippen MR) is 87.3 cm³/mol. The van der Waals surface area contributed by atoms with Gasteiger partial charge in [0.1, 0.15) is 0 Å². The third-order valence-corrected chi connectivity index (χ3v) is 4.70. The second-order valence-electron chi connectivity index (χ2n) is 4.34. The van der Waals surface area contributed by atoms with E-state index in [4.69, 9.17) is 34.8 Å². The van der Waals surface area contributed by atoms with E-state index in [1.54, 1.807) is 29.5 Å². The molecule has 1 unspecified atom stereocenters. The van der Waals surface area contributed by atoms with Gasteiger partial charge in [-0.3, -0.25) is 0 Å². The molecule has 0 fully saturated rings. The Morgan fingerprint density at radius 1 is 1.15 bits per heavy atom. The lowest BCUT2D eigenvalue weighted by atomic mass is 10.1. The third-order valence-electron chi connectivity index (χ3n) is 2.83. The fourth-order valence-corrected chi connectivity index (χ4v) is 3.33. The highest BCUT2D eigenvalue weighted by Gasteiger charge is 2.11. The fourth-order valence-electron chi connectivity index (χ4n) is 1.82. The van der Waals surface area contributed by atoms with E-state index in [-0.39, 0.29) is 0 Å². The minimum Gasteiger partial charge on any atom is -0.387 e. The molecule has 0 bridgehead atoms. The van der Waals surface area contributed by atoms with Crippen molar-refractivity contribution < 1.29 is 5.11 Å². The Balaban J connectivity index is 1.80. The summed E-state index contributed by atoms with van der Waals surface area (Å²) >= 11 is 19.4. The van der Waals surface area contributed by atoms with Gasteiger partial charge in [-0.2, -0.15) is 0 Å². The van der Waals surface area contributed by atoms with Gasteiger partial charge in [0.2, 0.25) is 0 Å². The van der Waals surface area contributed by atoms with Crippen molar-refractivity contribution >= 4 is 46.1 Å². The van der Waals surface area contributed by atoms with E-state index in [0.29, 0.717) is 22.2 Å². The van der Waals surface area contributed by atoms with E-state index in [2.05, 4.69) is 5.32 Å². The van der Waals surface area contributed by atoms with Crippen LogP contribution in [0.4, 0.5) is 0 Å². The summed E-state index contributed by atoms with van der Waals surface area (Å²) in [6.45, 7) is 1.20. The Labute approximate surface area is 137 Å². The Hall–Kier alpha value is -0.290. The summed E-state index contributed by atoms with van der Waals surface area (Å²) in [6.07, 6.45) is 0.209. The predicted octanol–water partition coefficient (Wildman–Crippen LogP) is 4.57. The second kappa shape index (κ2) is 7.64. The topological polar surface area (TPSA) is 32.3 Å². The van der Waals surface area contributed by atoms with Gasteiger partial charge < -0.3 is 10.4 Å².